The summed E-state index contributed by atoms with van der Waals surface area (Å²) in [6, 6.07) is 8.93. The molecular weight excluding hydrogens is 279 g/mol. The van der Waals surface area contributed by atoms with Gasteiger partial charge in [0.05, 0.1) is 6.61 Å². The number of ketones is 1. The SMILES string of the molecule is CC(C)C(=O)C1(OP(=O)([O-])OCc2ccccc2)CC1. The first-order valence-electron chi connectivity index (χ1n) is 6.59. The number of phosphoric acid groups is 1. The average molecular weight is 297 g/mol. The molecule has 1 aliphatic carbocycles. The van der Waals surface area contributed by atoms with E-state index < -0.39 is 13.4 Å². The van der Waals surface area contributed by atoms with Crippen LogP contribution in [0.2, 0.25) is 0 Å². The second-order valence-electron chi connectivity index (χ2n) is 5.31. The van der Waals surface area contributed by atoms with Gasteiger partial charge in [0, 0.05) is 5.92 Å². The number of hydrogen-bond acceptors (Lipinski definition) is 5. The molecule has 2 rings (SSSR count). The molecular formula is C14H18O5P-. The average Bonchev–Trinajstić information content (AvgIpc) is 3.17. The molecule has 0 spiro atoms. The van der Waals surface area contributed by atoms with E-state index in [-0.39, 0.29) is 18.3 Å². The van der Waals surface area contributed by atoms with Crippen LogP contribution in [0.5, 0.6) is 0 Å². The predicted molar refractivity (Wildman–Crippen MR) is 71.7 cm³/mol. The summed E-state index contributed by atoms with van der Waals surface area (Å²) in [4.78, 5) is 23.8. The van der Waals surface area contributed by atoms with Crippen molar-refractivity contribution in [2.75, 3.05) is 0 Å². The monoisotopic (exact) mass is 297 g/mol. The molecule has 0 aliphatic heterocycles. The summed E-state index contributed by atoms with van der Waals surface area (Å²) in [7, 11) is -4.48. The molecule has 1 aromatic rings. The predicted octanol–water partition coefficient (Wildman–Crippen LogP) is 2.45. The number of carbonyl (C=O) groups is 1. The molecule has 1 aliphatic rings. The molecule has 1 saturated carbocycles. The molecule has 0 aromatic heterocycles. The third kappa shape index (κ3) is 3.76. The minimum Gasteiger partial charge on any atom is -0.756 e. The number of rotatable bonds is 7. The number of carbonyl (C=O) groups excluding carboxylic acids is 1. The van der Waals surface area contributed by atoms with Crippen LogP contribution in [0.25, 0.3) is 0 Å². The largest absolute Gasteiger partial charge is 0.756 e. The number of Topliss-reactive ketones (excluding diaryl/α,β-unsaturated/α-hetero) is 1. The Morgan fingerprint density at radius 3 is 2.45 bits per heavy atom. The number of phosphoric ester groups is 1. The Balaban J connectivity index is 1.95. The van der Waals surface area contributed by atoms with Crippen LogP contribution in [0.3, 0.4) is 0 Å². The zero-order valence-electron chi connectivity index (χ0n) is 11.6. The molecule has 1 atom stereocenters. The molecule has 110 valence electrons. The summed E-state index contributed by atoms with van der Waals surface area (Å²) in [5, 5.41) is 0. The summed E-state index contributed by atoms with van der Waals surface area (Å²) >= 11 is 0. The molecule has 5 nitrogen and oxygen atoms in total. The highest BCUT2D eigenvalue weighted by Crippen LogP contribution is 2.54. The second kappa shape index (κ2) is 5.78. The van der Waals surface area contributed by atoms with Crippen LogP contribution in [-0.4, -0.2) is 11.4 Å². The van der Waals surface area contributed by atoms with Gasteiger partial charge in [-0.25, -0.2) is 0 Å². The maximum absolute atomic E-state index is 11.9. The van der Waals surface area contributed by atoms with Crippen molar-refractivity contribution in [3.05, 3.63) is 35.9 Å². The Labute approximate surface area is 118 Å². The highest BCUT2D eigenvalue weighted by molar-refractivity contribution is 7.45. The van der Waals surface area contributed by atoms with E-state index in [2.05, 4.69) is 0 Å². The Morgan fingerprint density at radius 2 is 1.95 bits per heavy atom. The fourth-order valence-corrected chi connectivity index (χ4v) is 3.05. The van der Waals surface area contributed by atoms with Gasteiger partial charge >= 0.3 is 0 Å². The molecule has 1 unspecified atom stereocenters. The van der Waals surface area contributed by atoms with Gasteiger partial charge in [-0.1, -0.05) is 44.2 Å². The van der Waals surface area contributed by atoms with Crippen LogP contribution in [-0.2, 0) is 25.0 Å². The molecule has 0 saturated heterocycles. The summed E-state index contributed by atoms with van der Waals surface area (Å²) < 4.78 is 21.7. The minimum absolute atomic E-state index is 0.0897. The van der Waals surface area contributed by atoms with Gasteiger partial charge in [0.25, 0.3) is 7.82 Å². The van der Waals surface area contributed by atoms with Gasteiger partial charge in [0.2, 0.25) is 0 Å². The molecule has 6 heteroatoms. The molecule has 0 heterocycles. The van der Waals surface area contributed by atoms with Crippen molar-refractivity contribution in [1.29, 1.82) is 0 Å². The van der Waals surface area contributed by atoms with E-state index in [0.29, 0.717) is 12.8 Å². The van der Waals surface area contributed by atoms with Crippen molar-refractivity contribution in [3.8, 4) is 0 Å². The summed E-state index contributed by atoms with van der Waals surface area (Å²) in [6.45, 7) is 3.37. The Kier molecular flexibility index (Phi) is 4.45. The van der Waals surface area contributed by atoms with Gasteiger partial charge in [-0.15, -0.1) is 0 Å². The topological polar surface area (TPSA) is 75.7 Å². The standard InChI is InChI=1S/C14H19O5P/c1-11(2)13(15)14(8-9-14)19-20(16,17)18-10-12-6-4-3-5-7-12/h3-7,11H,8-10H2,1-2H3,(H,16,17)/p-1. The van der Waals surface area contributed by atoms with Crippen molar-refractivity contribution < 1.29 is 23.3 Å². The van der Waals surface area contributed by atoms with Crippen LogP contribution in [0, 0.1) is 5.92 Å². The van der Waals surface area contributed by atoms with Crippen LogP contribution in [0.15, 0.2) is 30.3 Å². The maximum Gasteiger partial charge on any atom is 0.269 e. The molecule has 0 amide bonds. The van der Waals surface area contributed by atoms with E-state index in [1.807, 2.05) is 6.07 Å². The molecule has 0 radical (unpaired) electrons. The first kappa shape index (κ1) is 15.4. The number of benzene rings is 1. The van der Waals surface area contributed by atoms with Crippen molar-refractivity contribution in [1.82, 2.24) is 0 Å². The Hall–Kier alpha value is -1.00. The molecule has 0 N–H and O–H groups in total. The smallest absolute Gasteiger partial charge is 0.269 e. The lowest BCUT2D eigenvalue weighted by molar-refractivity contribution is -0.232. The quantitative estimate of drug-likeness (QED) is 0.722. The molecule has 0 bridgehead atoms. The van der Waals surface area contributed by atoms with E-state index in [1.165, 1.54) is 0 Å². The normalized spacial score (nSPS) is 19.6. The van der Waals surface area contributed by atoms with E-state index in [0.717, 1.165) is 5.56 Å². The third-order valence-corrected chi connectivity index (χ3v) is 4.21. The van der Waals surface area contributed by atoms with Crippen molar-refractivity contribution in [2.45, 2.75) is 38.9 Å². The van der Waals surface area contributed by atoms with Crippen LogP contribution >= 0.6 is 7.82 Å². The summed E-state index contributed by atoms with van der Waals surface area (Å²) in [5.41, 5.74) is -0.450. The van der Waals surface area contributed by atoms with Crippen molar-refractivity contribution in [2.24, 2.45) is 5.92 Å². The van der Waals surface area contributed by atoms with Gasteiger partial charge < -0.3 is 13.9 Å². The van der Waals surface area contributed by atoms with E-state index in [9.17, 15) is 14.3 Å². The van der Waals surface area contributed by atoms with Gasteiger partial charge in [0.1, 0.15) is 5.60 Å². The lowest BCUT2D eigenvalue weighted by atomic mass is 10.0. The minimum atomic E-state index is -4.48. The third-order valence-electron chi connectivity index (χ3n) is 3.20. The first-order chi connectivity index (χ1) is 9.35. The fraction of sp³-hybridized carbons (Fsp3) is 0.500. The first-order valence-corrected chi connectivity index (χ1v) is 8.05. The second-order valence-corrected chi connectivity index (χ2v) is 6.65. The highest BCUT2D eigenvalue weighted by Gasteiger charge is 2.54. The van der Waals surface area contributed by atoms with Crippen LogP contribution < -0.4 is 4.89 Å². The zero-order valence-corrected chi connectivity index (χ0v) is 12.5. The van der Waals surface area contributed by atoms with E-state index in [1.54, 1.807) is 38.1 Å². The fourth-order valence-electron chi connectivity index (χ4n) is 1.99. The molecule has 1 aromatic carbocycles. The Bertz CT molecular complexity index is 522. The lowest BCUT2D eigenvalue weighted by Gasteiger charge is -2.28. The highest BCUT2D eigenvalue weighted by atomic mass is 31.2. The summed E-state index contributed by atoms with van der Waals surface area (Å²) in [5.74, 6) is -0.441. The summed E-state index contributed by atoms with van der Waals surface area (Å²) in [6.07, 6.45) is 0.871. The van der Waals surface area contributed by atoms with Crippen molar-refractivity contribution >= 4 is 13.6 Å². The van der Waals surface area contributed by atoms with E-state index in [4.69, 9.17) is 9.05 Å². The molecule has 1 fully saturated rings. The number of hydrogen-bond donors (Lipinski definition) is 0. The van der Waals surface area contributed by atoms with Gasteiger partial charge in [-0.05, 0) is 18.4 Å². The van der Waals surface area contributed by atoms with Crippen LogP contribution in [0.1, 0.15) is 32.3 Å². The van der Waals surface area contributed by atoms with E-state index >= 15 is 0 Å². The van der Waals surface area contributed by atoms with Gasteiger partial charge in [-0.3, -0.25) is 9.36 Å². The van der Waals surface area contributed by atoms with Gasteiger partial charge in [-0.2, -0.15) is 0 Å². The Morgan fingerprint density at radius 1 is 1.35 bits per heavy atom. The van der Waals surface area contributed by atoms with Gasteiger partial charge in [0.15, 0.2) is 5.78 Å². The zero-order chi connectivity index (χ0) is 14.8. The van der Waals surface area contributed by atoms with Crippen LogP contribution in [0.4, 0.5) is 0 Å². The molecule has 20 heavy (non-hydrogen) atoms. The van der Waals surface area contributed by atoms with Crippen molar-refractivity contribution in [3.63, 3.8) is 0 Å². The lowest BCUT2D eigenvalue weighted by Crippen LogP contribution is -2.31. The maximum atomic E-state index is 11.9.